The van der Waals surface area contributed by atoms with Gasteiger partial charge in [-0.15, -0.1) is 0 Å². The first kappa shape index (κ1) is 10.1. The van der Waals surface area contributed by atoms with E-state index < -0.39 is 0 Å². The van der Waals surface area contributed by atoms with Crippen LogP contribution in [-0.4, -0.2) is 24.7 Å². The number of rotatable bonds is 0. The van der Waals surface area contributed by atoms with Crippen LogP contribution in [0, 0.1) is 49.4 Å². The second-order valence-corrected chi connectivity index (χ2v) is 2.33. The number of hydrogen-bond donors (Lipinski definition) is 0. The Morgan fingerprint density at radius 2 is 2.33 bits per heavy atom. The first-order valence-corrected chi connectivity index (χ1v) is 2.84. The molecule has 0 spiro atoms. The largest absolute Gasteiger partial charge is 0.348 e. The molecule has 0 amide bonds. The standard InChI is InChI=1S/C5H10BN2.Eu/c1-4-3-5(2)8(6)7-4;/h5-6H,3H2,1-2H3;. The number of nitrogens with zero attached hydrogens (tertiary/aromatic N) is 2. The van der Waals surface area contributed by atoms with Gasteiger partial charge in [0.05, 0.1) is 0 Å². The summed E-state index contributed by atoms with van der Waals surface area (Å²) in [4.78, 5) is 1.76. The maximum Gasteiger partial charge on any atom is 0.251 e. The zero-order valence-corrected chi connectivity index (χ0v) is 8.19. The minimum atomic E-state index is 0. The van der Waals surface area contributed by atoms with Gasteiger partial charge in [-0.05, 0) is 13.8 Å². The molecule has 0 saturated carbocycles. The van der Waals surface area contributed by atoms with Gasteiger partial charge >= 0.3 is 0 Å². The zero-order chi connectivity index (χ0) is 6.15. The van der Waals surface area contributed by atoms with Crippen molar-refractivity contribution in [1.29, 1.82) is 0 Å². The van der Waals surface area contributed by atoms with Gasteiger partial charge in [0.1, 0.15) is 0 Å². The van der Waals surface area contributed by atoms with E-state index in [2.05, 4.69) is 20.0 Å². The van der Waals surface area contributed by atoms with E-state index in [1.807, 2.05) is 6.92 Å². The third kappa shape index (κ3) is 2.69. The van der Waals surface area contributed by atoms with Crippen LogP contribution in [0.1, 0.15) is 20.3 Å². The van der Waals surface area contributed by atoms with E-state index >= 15 is 0 Å². The summed E-state index contributed by atoms with van der Waals surface area (Å²) >= 11 is 0. The van der Waals surface area contributed by atoms with Crippen molar-refractivity contribution in [3.05, 3.63) is 0 Å². The summed E-state index contributed by atoms with van der Waals surface area (Å²) in [5, 5.41) is 4.11. The molecule has 0 aromatic heterocycles. The van der Waals surface area contributed by atoms with E-state index in [9.17, 15) is 0 Å². The third-order valence-corrected chi connectivity index (χ3v) is 1.40. The van der Waals surface area contributed by atoms with Crippen LogP contribution in [0.3, 0.4) is 0 Å². The molecule has 0 aromatic rings. The summed E-state index contributed by atoms with van der Waals surface area (Å²) in [6.07, 6.45) is 1.07. The van der Waals surface area contributed by atoms with E-state index in [0.717, 1.165) is 6.42 Å². The topological polar surface area (TPSA) is 15.6 Å². The van der Waals surface area contributed by atoms with Crippen molar-refractivity contribution in [3.8, 4) is 0 Å². The SMILES string of the molecule is [BH]N1N=C(C)CC1C.[Eu]. The van der Waals surface area contributed by atoms with Crippen molar-refractivity contribution in [2.75, 3.05) is 0 Å². The first-order valence-electron chi connectivity index (χ1n) is 2.84. The summed E-state index contributed by atoms with van der Waals surface area (Å²) in [7, 11) is 3.71. The van der Waals surface area contributed by atoms with Crippen LogP contribution in [-0.2, 0) is 0 Å². The van der Waals surface area contributed by atoms with Gasteiger partial charge in [-0.1, -0.05) is 0 Å². The minimum Gasteiger partial charge on any atom is -0.348 e. The van der Waals surface area contributed by atoms with Crippen LogP contribution >= 0.6 is 0 Å². The molecule has 1 unspecified atom stereocenters. The maximum absolute atomic E-state index is 4.11. The summed E-state index contributed by atoms with van der Waals surface area (Å²) < 4.78 is 0. The van der Waals surface area contributed by atoms with E-state index in [0.29, 0.717) is 6.04 Å². The van der Waals surface area contributed by atoms with Crippen molar-refractivity contribution in [3.63, 3.8) is 0 Å². The van der Waals surface area contributed by atoms with Crippen LogP contribution in [0.2, 0.25) is 0 Å². The predicted octanol–water partition coefficient (Wildman–Crippen LogP) is 0.272. The Bertz CT molecular complexity index is 126. The van der Waals surface area contributed by atoms with Crippen LogP contribution in [0.25, 0.3) is 0 Å². The van der Waals surface area contributed by atoms with E-state index in [1.54, 1.807) is 4.92 Å². The van der Waals surface area contributed by atoms with E-state index in [-0.39, 0.29) is 49.4 Å². The molecule has 1 rings (SSSR count). The first-order chi connectivity index (χ1) is 3.70. The Labute approximate surface area is 98.0 Å². The summed E-state index contributed by atoms with van der Waals surface area (Å²) in [6.45, 7) is 4.15. The molecule has 1 atom stereocenters. The van der Waals surface area contributed by atoms with Crippen molar-refractivity contribution < 1.29 is 49.4 Å². The fraction of sp³-hybridized carbons (Fsp3) is 0.800. The summed E-state index contributed by atoms with van der Waals surface area (Å²) in [5.41, 5.74) is 1.19. The molecular weight excluding hydrogens is 251 g/mol. The molecule has 50 valence electrons. The van der Waals surface area contributed by atoms with Crippen molar-refractivity contribution in [2.45, 2.75) is 26.3 Å². The fourth-order valence-corrected chi connectivity index (χ4v) is 0.892. The van der Waals surface area contributed by atoms with Gasteiger partial charge in [-0.3, -0.25) is 0 Å². The molecule has 4 heteroatoms. The number of hydrogen-bond acceptors (Lipinski definition) is 2. The van der Waals surface area contributed by atoms with Gasteiger partial charge < -0.3 is 4.92 Å². The smallest absolute Gasteiger partial charge is 0.251 e. The molecule has 2 radical (unpaired) electrons. The van der Waals surface area contributed by atoms with Crippen molar-refractivity contribution in [2.24, 2.45) is 5.10 Å². The molecule has 0 aromatic carbocycles. The van der Waals surface area contributed by atoms with Gasteiger partial charge in [0.2, 0.25) is 0 Å². The predicted molar refractivity (Wildman–Crippen MR) is 36.2 cm³/mol. The molecule has 0 fully saturated rings. The molecular formula is C5H10BEuN2. The number of hydrazone groups is 1. The molecule has 0 N–H and O–H groups in total. The quantitative estimate of drug-likeness (QED) is 0.571. The van der Waals surface area contributed by atoms with Gasteiger partial charge in [-0.25, -0.2) is 5.10 Å². The Hall–Kier alpha value is 1.12. The molecule has 2 nitrogen and oxygen atoms in total. The molecule has 1 heterocycles. The monoisotopic (exact) mass is 262 g/mol. The van der Waals surface area contributed by atoms with Gasteiger partial charge in [0.15, 0.2) is 0 Å². The second-order valence-electron chi connectivity index (χ2n) is 2.33. The van der Waals surface area contributed by atoms with Crippen LogP contribution in [0.4, 0.5) is 0 Å². The van der Waals surface area contributed by atoms with Crippen LogP contribution in [0.5, 0.6) is 0 Å². The fourth-order valence-electron chi connectivity index (χ4n) is 0.892. The van der Waals surface area contributed by atoms with Crippen molar-refractivity contribution in [1.82, 2.24) is 4.92 Å². The van der Waals surface area contributed by atoms with Crippen LogP contribution in [0.15, 0.2) is 5.10 Å². The average Bonchev–Trinajstić information content (AvgIpc) is 1.85. The Morgan fingerprint density at radius 3 is 2.44 bits per heavy atom. The molecule has 1 aliphatic heterocycles. The van der Waals surface area contributed by atoms with Gasteiger partial charge in [0, 0.05) is 67.6 Å². The van der Waals surface area contributed by atoms with Crippen molar-refractivity contribution >= 4 is 13.7 Å². The Morgan fingerprint density at radius 1 is 1.78 bits per heavy atom. The molecule has 0 saturated heterocycles. The molecule has 9 heavy (non-hydrogen) atoms. The summed E-state index contributed by atoms with van der Waals surface area (Å²) in [5.74, 6) is 0. The molecule has 1 aliphatic rings. The summed E-state index contributed by atoms with van der Waals surface area (Å²) in [6, 6.07) is 0.509. The Balaban J connectivity index is 0.000000640. The molecule has 0 bridgehead atoms. The molecule has 0 aliphatic carbocycles. The van der Waals surface area contributed by atoms with E-state index in [1.165, 1.54) is 5.71 Å². The normalized spacial score (nSPS) is 25.3. The third-order valence-electron chi connectivity index (χ3n) is 1.40. The average molecular weight is 261 g/mol. The van der Waals surface area contributed by atoms with Gasteiger partial charge in [0.25, 0.3) is 7.98 Å². The zero-order valence-electron chi connectivity index (χ0n) is 5.76. The minimum absolute atomic E-state index is 0. The maximum atomic E-state index is 4.11. The van der Waals surface area contributed by atoms with Gasteiger partial charge in [-0.2, -0.15) is 0 Å². The van der Waals surface area contributed by atoms with E-state index in [4.69, 9.17) is 0 Å². The van der Waals surface area contributed by atoms with Crippen LogP contribution < -0.4 is 0 Å². The second kappa shape index (κ2) is 4.09. The Kier molecular flexibility index (Phi) is 4.60.